The van der Waals surface area contributed by atoms with E-state index in [4.69, 9.17) is 14.2 Å². The van der Waals surface area contributed by atoms with E-state index < -0.39 is 0 Å². The molecule has 6 heteroatoms. The van der Waals surface area contributed by atoms with E-state index in [0.29, 0.717) is 18.9 Å². The number of para-hydroxylation sites is 2. The molecule has 1 saturated heterocycles. The quantitative estimate of drug-likeness (QED) is 0.888. The van der Waals surface area contributed by atoms with Gasteiger partial charge < -0.3 is 24.8 Å². The smallest absolute Gasteiger partial charge is 0.315 e. The lowest BCUT2D eigenvalue weighted by atomic mass is 10.1. The molecule has 0 radical (unpaired) electrons. The predicted molar refractivity (Wildman–Crippen MR) is 81.3 cm³/mol. The van der Waals surface area contributed by atoms with Gasteiger partial charge in [0.2, 0.25) is 0 Å². The molecule has 6 nitrogen and oxygen atoms in total. The largest absolute Gasteiger partial charge is 0.486 e. The lowest BCUT2D eigenvalue weighted by Gasteiger charge is -2.27. The highest BCUT2D eigenvalue weighted by molar-refractivity contribution is 5.74. The Morgan fingerprint density at radius 3 is 2.95 bits per heavy atom. The Labute approximate surface area is 130 Å². The third-order valence-electron chi connectivity index (χ3n) is 3.94. The monoisotopic (exact) mass is 306 g/mol. The highest BCUT2D eigenvalue weighted by Crippen LogP contribution is 2.30. The molecule has 2 N–H and O–H groups in total. The van der Waals surface area contributed by atoms with E-state index in [1.165, 1.54) is 0 Å². The van der Waals surface area contributed by atoms with Gasteiger partial charge in [-0.25, -0.2) is 4.79 Å². The van der Waals surface area contributed by atoms with E-state index in [9.17, 15) is 4.79 Å². The predicted octanol–water partition coefficient (Wildman–Crippen LogP) is 1.69. The number of rotatable bonds is 4. The molecule has 0 spiro atoms. The number of fused-ring (bicyclic) bond motifs is 1. The van der Waals surface area contributed by atoms with Gasteiger partial charge in [0.05, 0.1) is 18.7 Å². The first-order valence-corrected chi connectivity index (χ1v) is 7.77. The molecule has 2 heterocycles. The third kappa shape index (κ3) is 3.62. The fraction of sp³-hybridized carbons (Fsp3) is 0.562. The number of carbonyl (C=O) groups excluding carboxylic acids is 1. The number of amides is 2. The van der Waals surface area contributed by atoms with Crippen molar-refractivity contribution in [2.24, 2.45) is 0 Å². The molecule has 0 unspecified atom stereocenters. The Bertz CT molecular complexity index is 517. The van der Waals surface area contributed by atoms with Crippen LogP contribution >= 0.6 is 0 Å². The van der Waals surface area contributed by atoms with Crippen molar-refractivity contribution in [1.29, 1.82) is 0 Å². The summed E-state index contributed by atoms with van der Waals surface area (Å²) in [7, 11) is 0. The molecule has 1 aromatic rings. The molecule has 22 heavy (non-hydrogen) atoms. The molecule has 3 rings (SSSR count). The van der Waals surface area contributed by atoms with Crippen LogP contribution in [0.15, 0.2) is 24.3 Å². The van der Waals surface area contributed by atoms with Crippen molar-refractivity contribution in [2.45, 2.75) is 38.0 Å². The molecule has 0 aliphatic carbocycles. The van der Waals surface area contributed by atoms with E-state index >= 15 is 0 Å². The topological polar surface area (TPSA) is 68.8 Å². The Morgan fingerprint density at radius 1 is 1.36 bits per heavy atom. The third-order valence-corrected chi connectivity index (χ3v) is 3.94. The molecular formula is C16H22N2O4. The number of hydrogen-bond acceptors (Lipinski definition) is 4. The zero-order valence-electron chi connectivity index (χ0n) is 12.7. The summed E-state index contributed by atoms with van der Waals surface area (Å²) in [4.78, 5) is 11.9. The van der Waals surface area contributed by atoms with Gasteiger partial charge in [0.15, 0.2) is 17.6 Å². The minimum atomic E-state index is -0.203. The Kier molecular flexibility index (Phi) is 4.68. The van der Waals surface area contributed by atoms with Gasteiger partial charge in [-0.15, -0.1) is 0 Å². The van der Waals surface area contributed by atoms with Crippen LogP contribution < -0.4 is 20.1 Å². The normalized spacial score (nSPS) is 24.6. The van der Waals surface area contributed by atoms with Crippen LogP contribution in [0.25, 0.3) is 0 Å². The maximum atomic E-state index is 11.9. The molecule has 0 saturated carbocycles. The first-order valence-electron chi connectivity index (χ1n) is 7.77. The van der Waals surface area contributed by atoms with Crippen molar-refractivity contribution in [3.05, 3.63) is 24.3 Å². The molecule has 1 fully saturated rings. The lowest BCUT2D eigenvalue weighted by Crippen LogP contribution is -2.49. The van der Waals surface area contributed by atoms with Crippen LogP contribution in [0, 0.1) is 0 Å². The minimum absolute atomic E-state index is 0.00625. The molecule has 1 aromatic carbocycles. The molecule has 3 atom stereocenters. The van der Waals surface area contributed by atoms with E-state index in [1.807, 2.05) is 31.2 Å². The Morgan fingerprint density at radius 2 is 2.18 bits per heavy atom. The van der Waals surface area contributed by atoms with Crippen molar-refractivity contribution >= 4 is 6.03 Å². The molecular weight excluding hydrogens is 284 g/mol. The fourth-order valence-electron chi connectivity index (χ4n) is 2.72. The van der Waals surface area contributed by atoms with Gasteiger partial charge in [0.25, 0.3) is 0 Å². The molecule has 120 valence electrons. The highest BCUT2D eigenvalue weighted by atomic mass is 16.6. The first-order chi connectivity index (χ1) is 10.7. The van der Waals surface area contributed by atoms with Crippen molar-refractivity contribution in [1.82, 2.24) is 10.6 Å². The summed E-state index contributed by atoms with van der Waals surface area (Å²) in [6, 6.07) is 7.34. The van der Waals surface area contributed by atoms with Gasteiger partial charge in [-0.1, -0.05) is 12.1 Å². The van der Waals surface area contributed by atoms with Gasteiger partial charge in [0.1, 0.15) is 6.61 Å². The Balaban J connectivity index is 1.42. The molecule has 2 amide bonds. The van der Waals surface area contributed by atoms with Crippen LogP contribution in [-0.4, -0.2) is 44.0 Å². The summed E-state index contributed by atoms with van der Waals surface area (Å²) >= 11 is 0. The maximum absolute atomic E-state index is 11.9. The van der Waals surface area contributed by atoms with Gasteiger partial charge in [-0.3, -0.25) is 0 Å². The maximum Gasteiger partial charge on any atom is 0.315 e. The second kappa shape index (κ2) is 6.87. The number of hydrogen-bond donors (Lipinski definition) is 2. The average molecular weight is 306 g/mol. The van der Waals surface area contributed by atoms with Crippen LogP contribution in [0.4, 0.5) is 4.79 Å². The molecule has 2 aliphatic heterocycles. The summed E-state index contributed by atoms with van der Waals surface area (Å²) in [6.45, 7) is 3.58. The van der Waals surface area contributed by atoms with Crippen molar-refractivity contribution in [3.8, 4) is 11.5 Å². The number of ether oxygens (including phenoxy) is 3. The Hall–Kier alpha value is -1.95. The second-order valence-electron chi connectivity index (χ2n) is 5.69. The van der Waals surface area contributed by atoms with E-state index in [2.05, 4.69) is 10.6 Å². The van der Waals surface area contributed by atoms with Crippen molar-refractivity contribution < 1.29 is 19.0 Å². The van der Waals surface area contributed by atoms with Crippen molar-refractivity contribution in [3.63, 3.8) is 0 Å². The van der Waals surface area contributed by atoms with Crippen LogP contribution in [0.3, 0.4) is 0 Å². The summed E-state index contributed by atoms with van der Waals surface area (Å²) in [6.07, 6.45) is 1.99. The summed E-state index contributed by atoms with van der Waals surface area (Å²) < 4.78 is 17.0. The standard InChI is InChI=1S/C16H22N2O4/c1-11(13-7-4-8-20-13)18-16(19)17-9-12-10-21-14-5-2-3-6-15(14)22-12/h2-3,5-6,11-13H,4,7-10H2,1H3,(H2,17,18,19)/t11-,12-,13-/m0/s1. The van der Waals surface area contributed by atoms with Crippen molar-refractivity contribution in [2.75, 3.05) is 19.8 Å². The van der Waals surface area contributed by atoms with E-state index in [-0.39, 0.29) is 24.3 Å². The SMILES string of the molecule is C[C@H](NC(=O)NC[C@H]1COc2ccccc2O1)[C@@H]1CCCO1. The lowest BCUT2D eigenvalue weighted by molar-refractivity contribution is 0.0829. The average Bonchev–Trinajstić information content (AvgIpc) is 3.07. The van der Waals surface area contributed by atoms with E-state index in [1.54, 1.807) is 0 Å². The molecule has 0 aromatic heterocycles. The number of nitrogens with one attached hydrogen (secondary N) is 2. The minimum Gasteiger partial charge on any atom is -0.486 e. The first kappa shape index (κ1) is 15.0. The van der Waals surface area contributed by atoms with E-state index in [0.717, 1.165) is 25.2 Å². The van der Waals surface area contributed by atoms with Crippen LogP contribution in [0.1, 0.15) is 19.8 Å². The summed E-state index contributed by atoms with van der Waals surface area (Å²) in [5.74, 6) is 1.46. The number of benzene rings is 1. The summed E-state index contributed by atoms with van der Waals surface area (Å²) in [5, 5.41) is 5.74. The van der Waals surface area contributed by atoms with Crippen LogP contribution in [0.5, 0.6) is 11.5 Å². The zero-order chi connectivity index (χ0) is 15.4. The van der Waals surface area contributed by atoms with Crippen LogP contribution in [-0.2, 0) is 4.74 Å². The zero-order valence-corrected chi connectivity index (χ0v) is 12.7. The fourth-order valence-corrected chi connectivity index (χ4v) is 2.72. The van der Waals surface area contributed by atoms with Gasteiger partial charge in [-0.05, 0) is 31.9 Å². The van der Waals surface area contributed by atoms with Gasteiger partial charge in [-0.2, -0.15) is 0 Å². The van der Waals surface area contributed by atoms with Gasteiger partial charge in [0, 0.05) is 6.61 Å². The molecule has 2 aliphatic rings. The molecule has 0 bridgehead atoms. The highest BCUT2D eigenvalue weighted by Gasteiger charge is 2.25. The van der Waals surface area contributed by atoms with Crippen LogP contribution in [0.2, 0.25) is 0 Å². The summed E-state index contributed by atoms with van der Waals surface area (Å²) in [5.41, 5.74) is 0. The number of carbonyl (C=O) groups is 1. The van der Waals surface area contributed by atoms with Gasteiger partial charge >= 0.3 is 6.03 Å². The number of urea groups is 1. The second-order valence-corrected chi connectivity index (χ2v) is 5.69.